The van der Waals surface area contributed by atoms with Gasteiger partial charge < -0.3 is 10.6 Å². The zero-order chi connectivity index (χ0) is 21.0. The van der Waals surface area contributed by atoms with E-state index in [0.717, 1.165) is 32.1 Å². The Morgan fingerprint density at radius 2 is 1.93 bits per heavy atom. The molecule has 7 atom stereocenters. The van der Waals surface area contributed by atoms with Crippen molar-refractivity contribution in [1.82, 2.24) is 10.6 Å². The number of carbonyl (C=O) groups excluding carboxylic acids is 2. The number of nitrogens with one attached hydrogen (secondary N) is 2. The predicted octanol–water partition coefficient (Wildman–Crippen LogP) is 4.59. The highest BCUT2D eigenvalue weighted by atomic mass is 16.2. The minimum Gasteiger partial charge on any atom is -0.351 e. The van der Waals surface area contributed by atoms with Crippen molar-refractivity contribution in [2.75, 3.05) is 0 Å². The zero-order valence-electron chi connectivity index (χ0n) is 19.0. The molecular formula is C25H40N2O2. The molecule has 2 amide bonds. The van der Waals surface area contributed by atoms with E-state index in [1.54, 1.807) is 6.08 Å². The van der Waals surface area contributed by atoms with Gasteiger partial charge in [-0.1, -0.05) is 33.3 Å². The van der Waals surface area contributed by atoms with Crippen molar-refractivity contribution in [3.63, 3.8) is 0 Å². The summed E-state index contributed by atoms with van der Waals surface area (Å²) >= 11 is 0. The maximum atomic E-state index is 13.3. The molecule has 4 nitrogen and oxygen atoms in total. The van der Waals surface area contributed by atoms with Gasteiger partial charge in [-0.25, -0.2) is 0 Å². The van der Waals surface area contributed by atoms with Crippen LogP contribution in [0.3, 0.4) is 0 Å². The van der Waals surface area contributed by atoms with E-state index >= 15 is 0 Å². The Bertz CT molecular complexity index is 714. The summed E-state index contributed by atoms with van der Waals surface area (Å²) in [4.78, 5) is 25.2. The minimum absolute atomic E-state index is 0.0684. The van der Waals surface area contributed by atoms with Gasteiger partial charge in [0.1, 0.15) is 0 Å². The Hall–Kier alpha value is -1.32. The summed E-state index contributed by atoms with van der Waals surface area (Å²) in [5.41, 5.74) is 0.0775. The molecule has 3 fully saturated rings. The van der Waals surface area contributed by atoms with Crippen LogP contribution in [0.4, 0.5) is 0 Å². The van der Waals surface area contributed by atoms with Gasteiger partial charge in [-0.15, -0.1) is 0 Å². The molecule has 0 aromatic heterocycles. The average molecular weight is 401 g/mol. The van der Waals surface area contributed by atoms with Gasteiger partial charge in [0.15, 0.2) is 0 Å². The summed E-state index contributed by atoms with van der Waals surface area (Å²) in [5.74, 6) is 2.44. The molecule has 1 aliphatic heterocycles. The van der Waals surface area contributed by atoms with E-state index in [2.05, 4.69) is 51.3 Å². The fourth-order valence-corrected chi connectivity index (χ4v) is 7.87. The monoisotopic (exact) mass is 400 g/mol. The first-order valence-electron chi connectivity index (χ1n) is 11.9. The lowest BCUT2D eigenvalue weighted by molar-refractivity contribution is -0.135. The molecule has 0 aromatic rings. The molecule has 4 rings (SSSR count). The summed E-state index contributed by atoms with van der Waals surface area (Å²) in [6.07, 6.45) is 12.9. The van der Waals surface area contributed by atoms with Crippen LogP contribution >= 0.6 is 0 Å². The highest BCUT2D eigenvalue weighted by Crippen LogP contribution is 2.65. The van der Waals surface area contributed by atoms with Crippen LogP contribution in [0.25, 0.3) is 0 Å². The number of amides is 2. The minimum atomic E-state index is -0.117. The van der Waals surface area contributed by atoms with E-state index in [4.69, 9.17) is 0 Å². The molecule has 3 saturated carbocycles. The third-order valence-electron chi connectivity index (χ3n) is 9.34. The first-order valence-corrected chi connectivity index (χ1v) is 11.9. The highest BCUT2D eigenvalue weighted by Gasteiger charge is 2.61. The van der Waals surface area contributed by atoms with Crippen LogP contribution in [0.15, 0.2) is 12.2 Å². The van der Waals surface area contributed by atoms with Crippen LogP contribution in [0.1, 0.15) is 86.0 Å². The fourth-order valence-electron chi connectivity index (χ4n) is 7.87. The van der Waals surface area contributed by atoms with E-state index < -0.39 is 0 Å². The molecule has 0 bridgehead atoms. The van der Waals surface area contributed by atoms with Gasteiger partial charge in [-0.2, -0.15) is 0 Å². The van der Waals surface area contributed by atoms with Crippen LogP contribution in [0.5, 0.6) is 0 Å². The highest BCUT2D eigenvalue weighted by molar-refractivity contribution is 5.89. The second-order valence-corrected chi connectivity index (χ2v) is 11.5. The van der Waals surface area contributed by atoms with Crippen molar-refractivity contribution in [2.45, 2.75) is 97.6 Å². The molecule has 2 N–H and O–H groups in total. The van der Waals surface area contributed by atoms with E-state index in [-0.39, 0.29) is 40.1 Å². The predicted molar refractivity (Wildman–Crippen MR) is 116 cm³/mol. The second kappa shape index (κ2) is 7.13. The van der Waals surface area contributed by atoms with Crippen molar-refractivity contribution < 1.29 is 9.59 Å². The Labute approximate surface area is 176 Å². The summed E-state index contributed by atoms with van der Waals surface area (Å²) in [5, 5.41) is 6.63. The summed E-state index contributed by atoms with van der Waals surface area (Å²) in [7, 11) is 0. The standard InChI is InChI=1S/C25H40N2O2/c1-6-13-23(2,3)27-22(29)19-9-8-17-16-7-10-20-25(5,15-12-21(28)26-20)18(16)11-14-24(17,19)4/h12,15-20H,6-11,13-14H2,1-5H3,(H,26,28)(H,27,29)/t16?,17?,18?,19?,20?,24-,25+/m0/s1. The maximum Gasteiger partial charge on any atom is 0.243 e. The van der Waals surface area contributed by atoms with Crippen molar-refractivity contribution >= 4 is 11.8 Å². The maximum absolute atomic E-state index is 13.3. The zero-order valence-corrected chi connectivity index (χ0v) is 19.0. The number of carbonyl (C=O) groups is 2. The smallest absolute Gasteiger partial charge is 0.243 e. The van der Waals surface area contributed by atoms with Gasteiger partial charge in [0.05, 0.1) is 0 Å². The van der Waals surface area contributed by atoms with E-state index in [1.807, 2.05) is 0 Å². The molecule has 0 spiro atoms. The van der Waals surface area contributed by atoms with Crippen LogP contribution in [-0.4, -0.2) is 23.4 Å². The van der Waals surface area contributed by atoms with Gasteiger partial charge in [-0.3, -0.25) is 9.59 Å². The van der Waals surface area contributed by atoms with Crippen molar-refractivity contribution in [3.05, 3.63) is 12.2 Å². The van der Waals surface area contributed by atoms with Gasteiger partial charge in [-0.05, 0) is 88.0 Å². The third kappa shape index (κ3) is 3.35. The Balaban J connectivity index is 1.54. The Kier molecular flexibility index (Phi) is 5.15. The summed E-state index contributed by atoms with van der Waals surface area (Å²) in [6, 6.07) is 0.279. The molecule has 0 radical (unpaired) electrons. The third-order valence-corrected chi connectivity index (χ3v) is 9.34. The number of rotatable bonds is 4. The van der Waals surface area contributed by atoms with Gasteiger partial charge in [0.2, 0.25) is 11.8 Å². The largest absolute Gasteiger partial charge is 0.351 e. The van der Waals surface area contributed by atoms with Crippen molar-refractivity contribution in [1.29, 1.82) is 0 Å². The molecule has 0 aromatic carbocycles. The Morgan fingerprint density at radius 1 is 1.17 bits per heavy atom. The van der Waals surface area contributed by atoms with Crippen LogP contribution in [0.2, 0.25) is 0 Å². The van der Waals surface area contributed by atoms with E-state index in [1.165, 1.54) is 19.3 Å². The quantitative estimate of drug-likeness (QED) is 0.725. The molecule has 3 aliphatic carbocycles. The first kappa shape index (κ1) is 20.9. The lowest BCUT2D eigenvalue weighted by atomic mass is 9.48. The lowest BCUT2D eigenvalue weighted by Crippen LogP contribution is -2.59. The second-order valence-electron chi connectivity index (χ2n) is 11.5. The van der Waals surface area contributed by atoms with Gasteiger partial charge in [0, 0.05) is 22.9 Å². The van der Waals surface area contributed by atoms with Crippen LogP contribution in [0, 0.1) is 34.5 Å². The molecule has 29 heavy (non-hydrogen) atoms. The fraction of sp³-hybridized carbons (Fsp3) is 0.840. The Morgan fingerprint density at radius 3 is 2.66 bits per heavy atom. The van der Waals surface area contributed by atoms with Crippen molar-refractivity contribution in [2.24, 2.45) is 34.5 Å². The molecular weight excluding hydrogens is 360 g/mol. The van der Waals surface area contributed by atoms with Crippen LogP contribution in [-0.2, 0) is 9.59 Å². The van der Waals surface area contributed by atoms with Crippen molar-refractivity contribution in [3.8, 4) is 0 Å². The first-order chi connectivity index (χ1) is 13.6. The topological polar surface area (TPSA) is 58.2 Å². The SMILES string of the molecule is CCCC(C)(C)NC(=O)C1CCC2C3CCC4NC(=O)C=C[C@]4(C)C3CC[C@]12C. The van der Waals surface area contributed by atoms with E-state index in [0.29, 0.717) is 17.8 Å². The number of hydrogen-bond acceptors (Lipinski definition) is 2. The normalized spacial score (nSPS) is 43.8. The molecule has 4 aliphatic rings. The molecule has 4 heteroatoms. The van der Waals surface area contributed by atoms with Gasteiger partial charge in [0.25, 0.3) is 0 Å². The number of fused-ring (bicyclic) bond motifs is 5. The average Bonchev–Trinajstić information content (AvgIpc) is 2.99. The van der Waals surface area contributed by atoms with E-state index in [9.17, 15) is 9.59 Å². The summed E-state index contributed by atoms with van der Waals surface area (Å²) < 4.78 is 0. The number of hydrogen-bond donors (Lipinski definition) is 2. The molecule has 162 valence electrons. The molecule has 5 unspecified atom stereocenters. The lowest BCUT2D eigenvalue weighted by Gasteiger charge is -2.58. The van der Waals surface area contributed by atoms with Crippen LogP contribution < -0.4 is 10.6 Å². The molecule has 1 heterocycles. The molecule has 0 saturated heterocycles. The summed E-state index contributed by atoms with van der Waals surface area (Å²) in [6.45, 7) is 11.3. The van der Waals surface area contributed by atoms with Gasteiger partial charge >= 0.3 is 0 Å².